The minimum Gasteiger partial charge on any atom is -0.495 e. The van der Waals surface area contributed by atoms with Gasteiger partial charge < -0.3 is 29.4 Å². The third kappa shape index (κ3) is 8.08. The van der Waals surface area contributed by atoms with Crippen LogP contribution in [0.1, 0.15) is 54.6 Å². The number of nitriles is 1. The number of hydrogen-bond acceptors (Lipinski definition) is 8. The molecular formula is C27H34N2O7. The van der Waals surface area contributed by atoms with E-state index in [1.807, 2.05) is 18.2 Å². The van der Waals surface area contributed by atoms with Gasteiger partial charge in [0.05, 0.1) is 38.6 Å². The molecule has 194 valence electrons. The van der Waals surface area contributed by atoms with Crippen LogP contribution in [0.4, 0.5) is 0 Å². The van der Waals surface area contributed by atoms with E-state index in [0.717, 1.165) is 18.4 Å². The van der Waals surface area contributed by atoms with Crippen LogP contribution in [0.2, 0.25) is 0 Å². The van der Waals surface area contributed by atoms with E-state index in [-0.39, 0.29) is 18.6 Å². The molecule has 0 spiro atoms. The summed E-state index contributed by atoms with van der Waals surface area (Å²) in [4.78, 5) is 23.4. The minimum absolute atomic E-state index is 0.159. The summed E-state index contributed by atoms with van der Waals surface area (Å²) < 4.78 is 28.0. The monoisotopic (exact) mass is 498 g/mol. The van der Waals surface area contributed by atoms with Crippen LogP contribution >= 0.6 is 0 Å². The zero-order valence-electron chi connectivity index (χ0n) is 21.1. The van der Waals surface area contributed by atoms with Crippen LogP contribution < -0.4 is 24.7 Å². The summed E-state index contributed by atoms with van der Waals surface area (Å²) in [5.41, 5.74) is 7.23. The molecule has 0 heterocycles. The molecule has 0 saturated carbocycles. The Morgan fingerprint density at radius 1 is 0.944 bits per heavy atom. The van der Waals surface area contributed by atoms with Crippen molar-refractivity contribution in [3.63, 3.8) is 0 Å². The van der Waals surface area contributed by atoms with Gasteiger partial charge in [-0.15, -0.1) is 0 Å². The maximum atomic E-state index is 11.7. The number of nitrogens with zero attached hydrogens (tertiary/aromatic N) is 1. The Kier molecular flexibility index (Phi) is 11.9. The summed E-state index contributed by atoms with van der Waals surface area (Å²) in [5, 5.41) is 9.01. The molecule has 0 bridgehead atoms. The highest BCUT2D eigenvalue weighted by atomic mass is 16.6. The van der Waals surface area contributed by atoms with Gasteiger partial charge in [-0.3, -0.25) is 4.79 Å². The summed E-state index contributed by atoms with van der Waals surface area (Å²) in [7, 11) is 1.45. The first-order valence-electron chi connectivity index (χ1n) is 12.0. The van der Waals surface area contributed by atoms with Crippen molar-refractivity contribution >= 4 is 11.9 Å². The van der Waals surface area contributed by atoms with Gasteiger partial charge >= 0.3 is 5.97 Å². The number of carbonyl (C=O) groups excluding carboxylic acids is 2. The number of nitrogens with two attached hydrogens (primary N) is 1. The SMILES string of the molecule is CCCc1c(OCCCOc2ccc(C(N)=O)c(OC)c2CCC#N)cccc1OCC(=O)OCC. The standard InChI is InChI=1S/C27H34N2O7/c1-4-9-19-22(11-6-12-23(19)36-18-25(30)33-5-2)34-16-8-17-35-24-14-13-21(27(29)31)26(32-3)20(24)10-7-15-28/h6,11-14H,4-5,7-10,16-18H2,1-3H3,(H2,29,31). The Morgan fingerprint density at radius 3 is 2.19 bits per heavy atom. The first-order chi connectivity index (χ1) is 17.5. The largest absolute Gasteiger partial charge is 0.495 e. The van der Waals surface area contributed by atoms with Crippen molar-refractivity contribution in [3.05, 3.63) is 47.0 Å². The molecule has 0 radical (unpaired) electrons. The van der Waals surface area contributed by atoms with Crippen LogP contribution in [-0.4, -0.2) is 45.4 Å². The number of primary amides is 1. The van der Waals surface area contributed by atoms with Crippen molar-refractivity contribution in [2.75, 3.05) is 33.5 Å². The van der Waals surface area contributed by atoms with Gasteiger partial charge in [0.25, 0.3) is 5.91 Å². The number of methoxy groups -OCH3 is 1. The number of amides is 1. The van der Waals surface area contributed by atoms with Gasteiger partial charge in [-0.1, -0.05) is 19.4 Å². The van der Waals surface area contributed by atoms with Crippen LogP contribution in [0, 0.1) is 11.3 Å². The predicted octanol–water partition coefficient (Wildman–Crippen LogP) is 3.99. The van der Waals surface area contributed by atoms with Gasteiger partial charge in [0.1, 0.15) is 23.0 Å². The molecule has 2 rings (SSSR count). The van der Waals surface area contributed by atoms with Crippen molar-refractivity contribution in [2.24, 2.45) is 5.73 Å². The maximum absolute atomic E-state index is 11.7. The highest BCUT2D eigenvalue weighted by Gasteiger charge is 2.18. The Bertz CT molecular complexity index is 1060. The topological polar surface area (TPSA) is 130 Å². The second kappa shape index (κ2) is 15.1. The number of rotatable bonds is 16. The minimum atomic E-state index is -0.610. The van der Waals surface area contributed by atoms with Crippen LogP contribution in [0.15, 0.2) is 30.3 Å². The van der Waals surface area contributed by atoms with E-state index >= 15 is 0 Å². The second-order valence-electron chi connectivity index (χ2n) is 7.77. The highest BCUT2D eigenvalue weighted by molar-refractivity contribution is 5.96. The molecule has 1 amide bonds. The molecule has 9 nitrogen and oxygen atoms in total. The van der Waals surface area contributed by atoms with Crippen molar-refractivity contribution in [1.29, 1.82) is 5.26 Å². The van der Waals surface area contributed by atoms with Gasteiger partial charge in [0.15, 0.2) is 6.61 Å². The van der Waals surface area contributed by atoms with E-state index in [1.165, 1.54) is 7.11 Å². The molecule has 0 unspecified atom stereocenters. The average molecular weight is 499 g/mol. The molecule has 2 N–H and O–H groups in total. The fourth-order valence-corrected chi connectivity index (χ4v) is 3.66. The maximum Gasteiger partial charge on any atom is 0.344 e. The molecule has 0 saturated heterocycles. The molecule has 0 aliphatic carbocycles. The van der Waals surface area contributed by atoms with Gasteiger partial charge in [0.2, 0.25) is 0 Å². The third-order valence-corrected chi connectivity index (χ3v) is 5.22. The Hall–Kier alpha value is -3.93. The van der Waals surface area contributed by atoms with Crippen LogP contribution in [0.5, 0.6) is 23.0 Å². The lowest BCUT2D eigenvalue weighted by atomic mass is 10.0. The van der Waals surface area contributed by atoms with E-state index < -0.39 is 11.9 Å². The molecule has 0 fully saturated rings. The molecule has 9 heteroatoms. The van der Waals surface area contributed by atoms with Gasteiger partial charge in [-0.2, -0.15) is 5.26 Å². The van der Waals surface area contributed by atoms with Gasteiger partial charge in [0, 0.05) is 24.0 Å². The van der Waals surface area contributed by atoms with Gasteiger partial charge in [-0.05, 0) is 44.0 Å². The lowest BCUT2D eigenvalue weighted by Crippen LogP contribution is -2.15. The predicted molar refractivity (Wildman–Crippen MR) is 134 cm³/mol. The van der Waals surface area contributed by atoms with Crippen molar-refractivity contribution in [1.82, 2.24) is 0 Å². The normalized spacial score (nSPS) is 10.3. The lowest BCUT2D eigenvalue weighted by molar-refractivity contribution is -0.145. The van der Waals surface area contributed by atoms with Crippen molar-refractivity contribution in [2.45, 2.75) is 46.0 Å². The first-order valence-corrected chi connectivity index (χ1v) is 12.0. The molecule has 0 aliphatic heterocycles. The Morgan fingerprint density at radius 2 is 1.61 bits per heavy atom. The lowest BCUT2D eigenvalue weighted by Gasteiger charge is -2.17. The number of esters is 1. The van der Waals surface area contributed by atoms with E-state index in [2.05, 4.69) is 13.0 Å². The third-order valence-electron chi connectivity index (χ3n) is 5.22. The molecule has 0 aliphatic rings. The fourth-order valence-electron chi connectivity index (χ4n) is 3.66. The number of ether oxygens (including phenoxy) is 5. The smallest absolute Gasteiger partial charge is 0.344 e. The van der Waals surface area contributed by atoms with Crippen LogP contribution in [-0.2, 0) is 22.4 Å². The van der Waals surface area contributed by atoms with Crippen molar-refractivity contribution < 1.29 is 33.3 Å². The fraction of sp³-hybridized carbons (Fsp3) is 0.444. The zero-order chi connectivity index (χ0) is 26.3. The zero-order valence-corrected chi connectivity index (χ0v) is 21.1. The van der Waals surface area contributed by atoms with E-state index in [1.54, 1.807) is 19.1 Å². The number of hydrogen-bond donors (Lipinski definition) is 1. The molecule has 0 atom stereocenters. The molecule has 2 aromatic rings. The average Bonchev–Trinajstić information content (AvgIpc) is 2.87. The van der Waals surface area contributed by atoms with Crippen LogP contribution in [0.25, 0.3) is 0 Å². The number of benzene rings is 2. The molecule has 0 aromatic heterocycles. The second-order valence-corrected chi connectivity index (χ2v) is 7.77. The Labute approximate surface area is 212 Å². The number of carbonyl (C=O) groups is 2. The summed E-state index contributed by atoms with van der Waals surface area (Å²) in [6.07, 6.45) is 2.81. The summed E-state index contributed by atoms with van der Waals surface area (Å²) >= 11 is 0. The first kappa shape index (κ1) is 28.3. The quantitative estimate of drug-likeness (QED) is 0.272. The van der Waals surface area contributed by atoms with Gasteiger partial charge in [-0.25, -0.2) is 4.79 Å². The molecule has 36 heavy (non-hydrogen) atoms. The highest BCUT2D eigenvalue weighted by Crippen LogP contribution is 2.34. The summed E-state index contributed by atoms with van der Waals surface area (Å²) in [5.74, 6) is 1.13. The molecule has 2 aromatic carbocycles. The van der Waals surface area contributed by atoms with E-state index in [4.69, 9.17) is 34.7 Å². The van der Waals surface area contributed by atoms with Crippen molar-refractivity contribution in [3.8, 4) is 29.1 Å². The van der Waals surface area contributed by atoms with Crippen LogP contribution in [0.3, 0.4) is 0 Å². The Balaban J connectivity index is 2.02. The summed E-state index contributed by atoms with van der Waals surface area (Å²) in [6, 6.07) is 10.8. The van der Waals surface area contributed by atoms with E-state index in [9.17, 15) is 9.59 Å². The summed E-state index contributed by atoms with van der Waals surface area (Å²) in [6.45, 7) is 4.69. The molecular weight excluding hydrogens is 464 g/mol. The van der Waals surface area contributed by atoms with E-state index in [0.29, 0.717) is 61.2 Å².